The van der Waals surface area contributed by atoms with Crippen LogP contribution in [0.3, 0.4) is 0 Å². The Hall–Kier alpha value is -0.930. The van der Waals surface area contributed by atoms with Gasteiger partial charge in [0.1, 0.15) is 15.9 Å². The zero-order valence-electron chi connectivity index (χ0n) is 10.3. The van der Waals surface area contributed by atoms with Gasteiger partial charge in [-0.25, -0.2) is 21.6 Å². The average molecular weight is 311 g/mol. The fourth-order valence-electron chi connectivity index (χ4n) is 1.84. The van der Waals surface area contributed by atoms with Crippen molar-refractivity contribution >= 4 is 25.8 Å². The largest absolute Gasteiger partial charge is 0.480 e. The summed E-state index contributed by atoms with van der Waals surface area (Å²) in [5, 5.41) is 8.02. The molecule has 1 saturated heterocycles. The Morgan fingerprint density at radius 2 is 1.95 bits per heavy atom. The number of nitrogens with one attached hydrogen (secondary N) is 1. The van der Waals surface area contributed by atoms with Gasteiger partial charge in [0.05, 0.1) is 16.8 Å². The highest BCUT2D eigenvalue weighted by Crippen LogP contribution is 2.19. The van der Waals surface area contributed by atoms with E-state index in [4.69, 9.17) is 5.11 Å². The molecule has 7 nitrogen and oxygen atoms in total. The molecule has 0 amide bonds. The van der Waals surface area contributed by atoms with E-state index in [1.807, 2.05) is 0 Å². The fourth-order valence-corrected chi connectivity index (χ4v) is 5.27. The summed E-state index contributed by atoms with van der Waals surface area (Å²) >= 11 is 0. The maximum Gasteiger partial charge on any atom is 0.322 e. The van der Waals surface area contributed by atoms with Crippen molar-refractivity contribution < 1.29 is 26.7 Å². The quantitative estimate of drug-likeness (QED) is 0.639. The Balaban J connectivity index is 2.76. The van der Waals surface area contributed by atoms with Crippen LogP contribution in [0.15, 0.2) is 12.7 Å². The third kappa shape index (κ3) is 4.59. The van der Waals surface area contributed by atoms with Gasteiger partial charge >= 0.3 is 5.97 Å². The van der Waals surface area contributed by atoms with Crippen LogP contribution in [0.1, 0.15) is 19.3 Å². The summed E-state index contributed by atoms with van der Waals surface area (Å²) in [5.41, 5.74) is 0. The molecule has 110 valence electrons. The first kappa shape index (κ1) is 16.1. The predicted octanol–water partition coefficient (Wildman–Crippen LogP) is -0.488. The number of sulfonamides is 1. The minimum Gasteiger partial charge on any atom is -0.480 e. The van der Waals surface area contributed by atoms with Crippen molar-refractivity contribution in [3.8, 4) is 0 Å². The van der Waals surface area contributed by atoms with E-state index in [1.54, 1.807) is 0 Å². The van der Waals surface area contributed by atoms with Gasteiger partial charge in [-0.2, -0.15) is 0 Å². The number of carboxylic acid groups (broad SMARTS) is 1. The summed E-state index contributed by atoms with van der Waals surface area (Å²) in [5.74, 6) is -1.65. The van der Waals surface area contributed by atoms with Crippen LogP contribution < -0.4 is 4.72 Å². The number of carbonyl (C=O) groups is 1. The van der Waals surface area contributed by atoms with E-state index in [2.05, 4.69) is 11.3 Å². The highest BCUT2D eigenvalue weighted by molar-refractivity contribution is 7.92. The molecule has 0 bridgehead atoms. The number of hydrogen-bond acceptors (Lipinski definition) is 5. The Morgan fingerprint density at radius 1 is 1.42 bits per heavy atom. The molecule has 0 aromatic rings. The van der Waals surface area contributed by atoms with E-state index in [-0.39, 0.29) is 30.8 Å². The van der Waals surface area contributed by atoms with Crippen molar-refractivity contribution in [1.82, 2.24) is 4.72 Å². The molecule has 0 aliphatic carbocycles. The minimum absolute atomic E-state index is 0.00189. The van der Waals surface area contributed by atoms with Crippen LogP contribution in [-0.2, 0) is 24.7 Å². The van der Waals surface area contributed by atoms with Crippen LogP contribution in [0.5, 0.6) is 0 Å². The molecule has 0 spiro atoms. The van der Waals surface area contributed by atoms with Crippen molar-refractivity contribution in [2.24, 2.45) is 0 Å². The van der Waals surface area contributed by atoms with Crippen LogP contribution in [0.2, 0.25) is 0 Å². The first-order valence-corrected chi connectivity index (χ1v) is 9.10. The monoisotopic (exact) mass is 311 g/mol. The van der Waals surface area contributed by atoms with Crippen molar-refractivity contribution in [2.75, 3.05) is 11.5 Å². The van der Waals surface area contributed by atoms with Gasteiger partial charge in [0.15, 0.2) is 0 Å². The third-order valence-corrected chi connectivity index (χ3v) is 6.63. The van der Waals surface area contributed by atoms with Gasteiger partial charge in [-0.1, -0.05) is 6.08 Å². The topological polar surface area (TPSA) is 118 Å². The zero-order chi connectivity index (χ0) is 14.7. The first-order valence-electron chi connectivity index (χ1n) is 5.73. The normalized spacial score (nSPS) is 21.7. The lowest BCUT2D eigenvalue weighted by atomic mass is 10.2. The molecule has 0 aromatic heterocycles. The molecule has 19 heavy (non-hydrogen) atoms. The van der Waals surface area contributed by atoms with E-state index in [9.17, 15) is 21.6 Å². The van der Waals surface area contributed by atoms with Gasteiger partial charge in [0, 0.05) is 0 Å². The summed E-state index contributed by atoms with van der Waals surface area (Å²) in [6, 6.07) is -1.26. The van der Waals surface area contributed by atoms with E-state index in [1.165, 1.54) is 6.08 Å². The smallest absolute Gasteiger partial charge is 0.322 e. The predicted molar refractivity (Wildman–Crippen MR) is 70.0 cm³/mol. The fraction of sp³-hybridized carbons (Fsp3) is 0.700. The summed E-state index contributed by atoms with van der Waals surface area (Å²) in [6.07, 6.45) is 1.28. The van der Waals surface area contributed by atoms with Crippen molar-refractivity contribution in [2.45, 2.75) is 30.6 Å². The molecular formula is C10H17NO6S2. The molecule has 1 unspecified atom stereocenters. The second kappa shape index (κ2) is 6.02. The molecule has 2 N–H and O–H groups in total. The molecule has 1 aliphatic rings. The highest BCUT2D eigenvalue weighted by atomic mass is 32.2. The van der Waals surface area contributed by atoms with Crippen molar-refractivity contribution in [1.29, 1.82) is 0 Å². The molecule has 9 heteroatoms. The Labute approximate surface area is 112 Å². The Kier molecular flexibility index (Phi) is 5.11. The van der Waals surface area contributed by atoms with Crippen LogP contribution >= 0.6 is 0 Å². The second-order valence-corrected chi connectivity index (χ2v) is 8.73. The van der Waals surface area contributed by atoms with Gasteiger partial charge in [0.25, 0.3) is 0 Å². The van der Waals surface area contributed by atoms with Gasteiger partial charge in [-0.15, -0.1) is 6.58 Å². The van der Waals surface area contributed by atoms with Gasteiger partial charge in [-0.3, -0.25) is 4.79 Å². The number of carboxylic acids is 1. The summed E-state index contributed by atoms with van der Waals surface area (Å²) in [7, 11) is -7.00. The third-order valence-electron chi connectivity index (χ3n) is 2.95. The molecule has 1 rings (SSSR count). The maximum absolute atomic E-state index is 12.0. The van der Waals surface area contributed by atoms with Gasteiger partial charge < -0.3 is 5.11 Å². The highest BCUT2D eigenvalue weighted by Gasteiger charge is 2.35. The molecule has 1 atom stereocenters. The van der Waals surface area contributed by atoms with E-state index < -0.39 is 37.1 Å². The van der Waals surface area contributed by atoms with E-state index >= 15 is 0 Å². The maximum atomic E-state index is 12.0. The molecule has 0 radical (unpaired) electrons. The molecule has 1 aliphatic heterocycles. The number of sulfone groups is 1. The Morgan fingerprint density at radius 3 is 2.37 bits per heavy atom. The Bertz CT molecular complexity index is 537. The van der Waals surface area contributed by atoms with Gasteiger partial charge in [-0.05, 0) is 19.3 Å². The molecule has 0 aromatic carbocycles. The lowest BCUT2D eigenvalue weighted by Gasteiger charge is -2.24. The van der Waals surface area contributed by atoms with Crippen molar-refractivity contribution in [3.63, 3.8) is 0 Å². The first-order chi connectivity index (χ1) is 8.68. The molecule has 1 fully saturated rings. The van der Waals surface area contributed by atoms with Crippen LogP contribution in [0.25, 0.3) is 0 Å². The summed E-state index contributed by atoms with van der Waals surface area (Å²) in [6.45, 7) is 3.37. The summed E-state index contributed by atoms with van der Waals surface area (Å²) < 4.78 is 48.5. The number of hydrogen-bond donors (Lipinski definition) is 2. The average Bonchev–Trinajstić information content (AvgIpc) is 2.27. The lowest BCUT2D eigenvalue weighted by molar-refractivity contribution is -0.138. The SMILES string of the molecule is C=CCC(NS(=O)(=O)C1CCS(=O)(=O)CC1)C(=O)O. The second-order valence-electron chi connectivity index (χ2n) is 4.43. The van der Waals surface area contributed by atoms with E-state index in [0.29, 0.717) is 0 Å². The number of aliphatic carboxylic acids is 1. The van der Waals surface area contributed by atoms with Crippen LogP contribution in [-0.4, -0.2) is 50.7 Å². The molecule has 1 heterocycles. The van der Waals surface area contributed by atoms with Crippen LogP contribution in [0.4, 0.5) is 0 Å². The molecular weight excluding hydrogens is 294 g/mol. The van der Waals surface area contributed by atoms with E-state index in [0.717, 1.165) is 0 Å². The minimum atomic E-state index is -3.84. The van der Waals surface area contributed by atoms with Gasteiger partial charge in [0.2, 0.25) is 10.0 Å². The zero-order valence-corrected chi connectivity index (χ0v) is 11.9. The van der Waals surface area contributed by atoms with Crippen molar-refractivity contribution in [3.05, 3.63) is 12.7 Å². The summed E-state index contributed by atoms with van der Waals surface area (Å²) in [4.78, 5) is 10.9. The number of rotatable bonds is 6. The van der Waals surface area contributed by atoms with Crippen LogP contribution in [0, 0.1) is 0 Å². The lowest BCUT2D eigenvalue weighted by Crippen LogP contribution is -2.46. The molecule has 0 saturated carbocycles. The standard InChI is InChI=1S/C10H17NO6S2/c1-2-3-9(10(12)13)11-19(16,17)8-4-6-18(14,15)7-5-8/h2,8-9,11H,1,3-7H2,(H,12,13).